The maximum atomic E-state index is 6.82. The number of benzene rings is 7. The first-order valence-electron chi connectivity index (χ1n) is 56.1. The molecule has 6 aliphatic rings. The van der Waals surface area contributed by atoms with Gasteiger partial charge in [-0.1, -0.05) is 462 Å². The number of hydrogen-bond donors (Lipinski definition) is 2. The molecule has 0 spiro atoms. The lowest BCUT2D eigenvalue weighted by atomic mass is 9.70. The Labute approximate surface area is 839 Å². The van der Waals surface area contributed by atoms with Gasteiger partial charge in [-0.3, -0.25) is 0 Å². The molecule has 6 heterocycles. The Kier molecular flexibility index (Phi) is 33.3. The van der Waals surface area contributed by atoms with Crippen LogP contribution in [0.4, 0.5) is 0 Å². The van der Waals surface area contributed by atoms with E-state index >= 15 is 0 Å². The van der Waals surface area contributed by atoms with E-state index < -0.39 is 42.5 Å². The quantitative estimate of drug-likeness (QED) is 0.0294. The van der Waals surface area contributed by atoms with Gasteiger partial charge in [0, 0.05) is 60.6 Å². The van der Waals surface area contributed by atoms with Crippen LogP contribution in [0.5, 0.6) is 0 Å². The van der Waals surface area contributed by atoms with E-state index in [1.54, 1.807) is 32.3 Å². The zero-order valence-corrected chi connectivity index (χ0v) is 92.3. The summed E-state index contributed by atoms with van der Waals surface area (Å²) in [5, 5.41) is 4.70. The van der Waals surface area contributed by atoms with Crippen LogP contribution in [0.25, 0.3) is 124 Å². The highest BCUT2D eigenvalue weighted by Gasteiger charge is 2.53. The largest absolute Gasteiger partial charge is 0.494 e. The Morgan fingerprint density at radius 2 is 0.457 bits per heavy atom. The molecule has 2 N–H and O–H groups in total. The summed E-state index contributed by atoms with van der Waals surface area (Å²) in [6.07, 6.45) is 62.3. The molecule has 0 atom stereocenters. The molecule has 3 aliphatic carbocycles. The first-order valence-corrected chi connectivity index (χ1v) is 66.6. The highest BCUT2D eigenvalue weighted by Crippen LogP contribution is 2.60. The Morgan fingerprint density at radius 3 is 0.696 bits per heavy atom. The van der Waals surface area contributed by atoms with Crippen LogP contribution >= 0.6 is 0 Å². The first-order chi connectivity index (χ1) is 66.5. The van der Waals surface area contributed by atoms with Crippen LogP contribution in [0.3, 0.4) is 0 Å². The maximum absolute atomic E-state index is 6.82. The van der Waals surface area contributed by atoms with Gasteiger partial charge in [0.25, 0.3) is 0 Å². The molecule has 6 nitrogen and oxygen atoms in total. The average molecular weight is 1890 g/mol. The van der Waals surface area contributed by atoms with Crippen molar-refractivity contribution in [2.75, 3.05) is 0 Å². The van der Waals surface area contributed by atoms with Crippen LogP contribution in [-0.2, 0) is 25.6 Å². The molecule has 10 heteroatoms. The Hall–Kier alpha value is -8.22. The van der Waals surface area contributed by atoms with E-state index in [0.717, 1.165) is 117 Å². The molecular formula is C128H173BN4O2Si3. The summed E-state index contributed by atoms with van der Waals surface area (Å²) in [5.74, 6) is 0. The first kappa shape index (κ1) is 103. The van der Waals surface area contributed by atoms with E-state index in [-0.39, 0.29) is 16.2 Å². The Bertz CT molecular complexity index is 5910. The fourth-order valence-electron chi connectivity index (χ4n) is 24.8. The van der Waals surface area contributed by atoms with Crippen LogP contribution in [0.2, 0.25) is 58.9 Å². The monoisotopic (exact) mass is 1890 g/mol. The SMILES string of the molecule is CCCCCCCCC1(CCCCCCCC)c2cc(-c3c4nc(c(-c5ccc6c(c5)C(CCCCCCCC)(CCCCCCCC)c5cc([Si](C)(C)C)ccc5-6)c5ccc([nH]5)c(-c5ccc6c(c5)C(CCCCCCCC)(CCCCCCCC)c5cc([Si](C)(C)C)ccc5-6)c5nc(c(-c6ccc(B7OC(C)(C)C(C)(C)O7)cc6)c6ccc3[nH]6)C=C5)C=C4)ccc2-c2ccc([Si](C)(C)C)cc21. The molecule has 8 bridgehead atoms. The van der Waals surface area contributed by atoms with E-state index in [9.17, 15) is 0 Å². The number of rotatable bonds is 50. The topological polar surface area (TPSA) is 75.8 Å². The molecule has 138 heavy (non-hydrogen) atoms. The number of H-pyrrole nitrogens is 2. The third-order valence-corrected chi connectivity index (χ3v) is 39.9. The van der Waals surface area contributed by atoms with E-state index in [1.807, 2.05) is 0 Å². The van der Waals surface area contributed by atoms with E-state index in [1.165, 1.54) is 298 Å². The number of fused-ring (bicyclic) bond motifs is 17. The van der Waals surface area contributed by atoms with Crippen LogP contribution < -0.4 is 21.0 Å². The van der Waals surface area contributed by atoms with Gasteiger partial charge in [0.15, 0.2) is 0 Å². The lowest BCUT2D eigenvalue weighted by molar-refractivity contribution is 0.00578. The van der Waals surface area contributed by atoms with E-state index in [0.29, 0.717) is 0 Å². The predicted octanol–water partition coefficient (Wildman–Crippen LogP) is 36.6. The molecule has 1 saturated heterocycles. The Morgan fingerprint density at radius 1 is 0.246 bits per heavy atom. The van der Waals surface area contributed by atoms with Gasteiger partial charge in [0.2, 0.25) is 0 Å². The second kappa shape index (κ2) is 44.7. The minimum Gasteiger partial charge on any atom is -0.399 e. The molecule has 732 valence electrons. The molecule has 7 aromatic carbocycles. The second-order valence-corrected chi connectivity index (χ2v) is 62.6. The summed E-state index contributed by atoms with van der Waals surface area (Å²) in [7, 11) is -5.75. The fourth-order valence-corrected chi connectivity index (χ4v) is 28.3. The van der Waals surface area contributed by atoms with Crippen LogP contribution in [0, 0.1) is 0 Å². The van der Waals surface area contributed by atoms with Crippen molar-refractivity contribution in [2.45, 2.75) is 425 Å². The minimum absolute atomic E-state index is 0.151. The van der Waals surface area contributed by atoms with Gasteiger partial charge < -0.3 is 19.3 Å². The van der Waals surface area contributed by atoms with Crippen molar-refractivity contribution in [3.63, 3.8) is 0 Å². The number of aromatic amines is 2. The summed E-state index contributed by atoms with van der Waals surface area (Å²) in [6.45, 7) is 45.8. The van der Waals surface area contributed by atoms with Crippen molar-refractivity contribution >= 4 is 98.7 Å². The summed E-state index contributed by atoms with van der Waals surface area (Å²) in [5.41, 5.74) is 34.5. The van der Waals surface area contributed by atoms with Crippen molar-refractivity contribution < 1.29 is 9.31 Å². The molecule has 0 amide bonds. The minimum atomic E-state index is -1.75. The van der Waals surface area contributed by atoms with Gasteiger partial charge in [-0.25, -0.2) is 9.97 Å². The standard InChI is InChI=1S/C128H173BN4O2Si3/c1-20-26-32-38-44-50-80-126(81-51-45-39-33-27-21-2)106-86-93(58-66-100(106)103-69-63-97(89-109(103)126)136(11,12)13)121-114-74-72-112(130-114)120(92-56-61-96(62-57-92)129-134-124(7,8)125(9,10)135-129)113-73-75-115(131-113)122(94-59-67-101-104-70-64-98(137(14,15)16)90-110(104)127(107(101)87-94,82-52-46-40-34-28-22-3)83-53-47-41-35-29-23-4)117-77-79-119(133-117)123(118-78-76-116(121)132-118)95-60-68-102-105-71-65-99(138(17,18)19)91-111(105)128(108(102)88-95,84-54-48-42-36-30-24-5)85-55-49-43-37-31-25-6/h56-79,86-91,130,133H,20-55,80-85H2,1-19H3. The average Bonchev–Trinajstić information content (AvgIpc) is 1.56. The van der Waals surface area contributed by atoms with E-state index in [2.05, 4.69) is 320 Å². The molecule has 0 unspecified atom stereocenters. The smallest absolute Gasteiger partial charge is 0.399 e. The predicted molar refractivity (Wildman–Crippen MR) is 612 cm³/mol. The van der Waals surface area contributed by atoms with Crippen molar-refractivity contribution in [2.24, 2.45) is 0 Å². The van der Waals surface area contributed by atoms with Crippen molar-refractivity contribution in [1.82, 2.24) is 19.9 Å². The summed E-state index contributed by atoms with van der Waals surface area (Å²) >= 11 is 0. The number of hydrogen-bond acceptors (Lipinski definition) is 4. The summed E-state index contributed by atoms with van der Waals surface area (Å²) in [6, 6.07) is 65.5. The number of aromatic nitrogens is 4. The lowest BCUT2D eigenvalue weighted by Crippen LogP contribution is -2.41. The Balaban J connectivity index is 0.988. The molecule has 16 rings (SSSR count). The summed E-state index contributed by atoms with van der Waals surface area (Å²) < 4.78 is 13.6. The zero-order valence-electron chi connectivity index (χ0n) is 89.3. The molecule has 0 radical (unpaired) electrons. The van der Waals surface area contributed by atoms with Crippen molar-refractivity contribution in [3.8, 4) is 77.9 Å². The fraction of sp³-hybridized carbons (Fsp3) is 0.516. The second-order valence-electron chi connectivity index (χ2n) is 47.4. The number of nitrogens with zero attached hydrogens (tertiary/aromatic N) is 2. The van der Waals surface area contributed by atoms with Crippen LogP contribution in [0.1, 0.15) is 395 Å². The number of unbranched alkanes of at least 4 members (excludes halogenated alkanes) is 30. The van der Waals surface area contributed by atoms with Crippen LogP contribution in [0.15, 0.2) is 158 Å². The number of nitrogens with one attached hydrogen (secondary N) is 2. The van der Waals surface area contributed by atoms with E-state index in [4.69, 9.17) is 19.3 Å². The highest BCUT2D eigenvalue weighted by molar-refractivity contribution is 6.89. The van der Waals surface area contributed by atoms with Crippen molar-refractivity contribution in [1.29, 1.82) is 0 Å². The molecule has 3 aromatic heterocycles. The van der Waals surface area contributed by atoms with Gasteiger partial charge in [0.1, 0.15) is 0 Å². The normalized spacial score (nSPS) is 15.6. The summed E-state index contributed by atoms with van der Waals surface area (Å²) in [4.78, 5) is 21.3. The van der Waals surface area contributed by atoms with Gasteiger partial charge in [0.05, 0.1) is 58.2 Å². The third-order valence-electron chi connectivity index (χ3n) is 33.8. The molecular weight excluding hydrogens is 1720 g/mol. The molecule has 0 saturated carbocycles. The van der Waals surface area contributed by atoms with Gasteiger partial charge in [-0.15, -0.1) is 0 Å². The van der Waals surface area contributed by atoms with Gasteiger partial charge in [-0.05, 0) is 227 Å². The molecule has 3 aliphatic heterocycles. The molecule has 10 aromatic rings. The maximum Gasteiger partial charge on any atom is 0.494 e. The third kappa shape index (κ3) is 21.8. The van der Waals surface area contributed by atoms with Gasteiger partial charge in [-0.2, -0.15) is 0 Å². The van der Waals surface area contributed by atoms with Crippen molar-refractivity contribution in [3.05, 3.63) is 214 Å². The van der Waals surface area contributed by atoms with Crippen LogP contribution in [-0.4, -0.2) is 62.5 Å². The lowest BCUT2D eigenvalue weighted by Gasteiger charge is -2.34. The zero-order chi connectivity index (χ0) is 97.2. The highest BCUT2D eigenvalue weighted by atomic mass is 28.3. The van der Waals surface area contributed by atoms with Gasteiger partial charge >= 0.3 is 7.12 Å². The molecule has 1 fully saturated rings.